The number of hydrogen-bond donors (Lipinski definition) is 0. The normalized spacial score (nSPS) is 14.9. The molecule has 0 spiro atoms. The molecule has 0 bridgehead atoms. The fraction of sp³-hybridized carbons (Fsp3) is 0.0370. The number of benzene rings is 4. The van der Waals surface area contributed by atoms with Crippen LogP contribution in [0.15, 0.2) is 94.3 Å². The SMILES string of the molecule is O=C1/C(=C/c2ccc(OCc3ccc4ccccc4c3)cc2)SC(=S)N1c1ccc(Br)c(Cl)c1. The summed E-state index contributed by atoms with van der Waals surface area (Å²) in [7, 11) is 0. The number of thiocarbonyl (C=S) groups is 1. The molecule has 1 amide bonds. The van der Waals surface area contributed by atoms with Crippen molar-refractivity contribution in [3.8, 4) is 5.75 Å². The van der Waals surface area contributed by atoms with Crippen LogP contribution in [-0.2, 0) is 11.4 Å². The molecule has 3 nitrogen and oxygen atoms in total. The summed E-state index contributed by atoms with van der Waals surface area (Å²) < 4.78 is 7.20. The van der Waals surface area contributed by atoms with Crippen LogP contribution in [0.1, 0.15) is 11.1 Å². The van der Waals surface area contributed by atoms with Gasteiger partial charge in [0.15, 0.2) is 4.32 Å². The molecule has 0 aromatic heterocycles. The van der Waals surface area contributed by atoms with Crippen molar-refractivity contribution in [3.05, 3.63) is 110 Å². The average Bonchev–Trinajstić information content (AvgIpc) is 3.12. The van der Waals surface area contributed by atoms with Gasteiger partial charge in [-0.2, -0.15) is 0 Å². The molecular formula is C27H17BrClNO2S2. The van der Waals surface area contributed by atoms with Gasteiger partial charge in [-0.3, -0.25) is 9.69 Å². The molecule has 0 N–H and O–H groups in total. The van der Waals surface area contributed by atoms with Gasteiger partial charge < -0.3 is 4.74 Å². The summed E-state index contributed by atoms with van der Waals surface area (Å²) >= 11 is 16.3. The first kappa shape index (κ1) is 23.1. The molecule has 0 radical (unpaired) electrons. The van der Waals surface area contributed by atoms with Crippen LogP contribution < -0.4 is 9.64 Å². The van der Waals surface area contributed by atoms with Gasteiger partial charge in [0.25, 0.3) is 5.91 Å². The first-order chi connectivity index (χ1) is 16.5. The van der Waals surface area contributed by atoms with E-state index in [4.69, 9.17) is 28.6 Å². The molecule has 1 aliphatic rings. The maximum absolute atomic E-state index is 13.0. The summed E-state index contributed by atoms with van der Waals surface area (Å²) in [5.74, 6) is 0.604. The Bertz CT molecular complexity index is 1450. The maximum Gasteiger partial charge on any atom is 0.270 e. The number of carbonyl (C=O) groups is 1. The standard InChI is InChI=1S/C27H17BrClNO2S2/c28-23-12-9-21(15-24(23)29)30-26(31)25(34-27(30)33)14-17-6-10-22(11-7-17)32-16-18-5-8-19-3-1-2-4-20(19)13-18/h1-15H,16H2/b25-14-. The molecule has 1 fully saturated rings. The second-order valence-electron chi connectivity index (χ2n) is 7.65. The Morgan fingerprint density at radius 1 is 0.971 bits per heavy atom. The Morgan fingerprint density at radius 3 is 2.50 bits per heavy atom. The fourth-order valence-electron chi connectivity index (χ4n) is 3.62. The van der Waals surface area contributed by atoms with Crippen molar-refractivity contribution in [2.45, 2.75) is 6.61 Å². The summed E-state index contributed by atoms with van der Waals surface area (Å²) in [6.07, 6.45) is 1.84. The van der Waals surface area contributed by atoms with Crippen LogP contribution in [0.5, 0.6) is 5.75 Å². The molecule has 4 aromatic rings. The summed E-state index contributed by atoms with van der Waals surface area (Å²) in [5, 5.41) is 2.93. The van der Waals surface area contributed by atoms with E-state index in [-0.39, 0.29) is 5.91 Å². The van der Waals surface area contributed by atoms with Crippen LogP contribution in [-0.4, -0.2) is 10.2 Å². The average molecular weight is 567 g/mol. The number of fused-ring (bicyclic) bond motifs is 1. The predicted molar refractivity (Wildman–Crippen MR) is 150 cm³/mol. The van der Waals surface area contributed by atoms with Crippen LogP contribution in [0.2, 0.25) is 5.02 Å². The Kier molecular flexibility index (Phi) is 6.75. The first-order valence-electron chi connectivity index (χ1n) is 10.4. The molecule has 1 heterocycles. The maximum atomic E-state index is 13.0. The molecule has 5 rings (SSSR count). The number of ether oxygens (including phenoxy) is 1. The van der Waals surface area contributed by atoms with Gasteiger partial charge in [0.1, 0.15) is 12.4 Å². The van der Waals surface area contributed by atoms with Gasteiger partial charge in [0.2, 0.25) is 0 Å². The van der Waals surface area contributed by atoms with Crippen molar-refractivity contribution >= 4 is 84.3 Å². The minimum absolute atomic E-state index is 0.162. The van der Waals surface area contributed by atoms with Crippen LogP contribution in [0.25, 0.3) is 16.8 Å². The Balaban J connectivity index is 1.27. The number of rotatable bonds is 5. The summed E-state index contributed by atoms with van der Waals surface area (Å²) in [4.78, 5) is 15.1. The van der Waals surface area contributed by atoms with Crippen molar-refractivity contribution < 1.29 is 9.53 Å². The highest BCUT2D eigenvalue weighted by molar-refractivity contribution is 9.10. The lowest BCUT2D eigenvalue weighted by Gasteiger charge is -2.15. The van der Waals surface area contributed by atoms with Crippen molar-refractivity contribution in [3.63, 3.8) is 0 Å². The van der Waals surface area contributed by atoms with Crippen molar-refractivity contribution in [2.24, 2.45) is 0 Å². The van der Waals surface area contributed by atoms with Gasteiger partial charge >= 0.3 is 0 Å². The van der Waals surface area contributed by atoms with E-state index in [1.165, 1.54) is 27.4 Å². The molecule has 1 aliphatic heterocycles. The largest absolute Gasteiger partial charge is 0.489 e. The highest BCUT2D eigenvalue weighted by atomic mass is 79.9. The molecule has 34 heavy (non-hydrogen) atoms. The molecule has 0 saturated carbocycles. The lowest BCUT2D eigenvalue weighted by Crippen LogP contribution is -2.27. The third kappa shape index (κ3) is 4.91. The summed E-state index contributed by atoms with van der Waals surface area (Å²) in [6, 6.07) is 27.6. The number of nitrogens with zero attached hydrogens (tertiary/aromatic N) is 1. The zero-order valence-electron chi connectivity index (χ0n) is 17.7. The zero-order chi connectivity index (χ0) is 23.7. The van der Waals surface area contributed by atoms with Crippen LogP contribution >= 0.6 is 51.5 Å². The van der Waals surface area contributed by atoms with E-state index in [9.17, 15) is 4.79 Å². The number of halogens is 2. The topological polar surface area (TPSA) is 29.5 Å². The van der Waals surface area contributed by atoms with E-state index in [1.54, 1.807) is 12.1 Å². The van der Waals surface area contributed by atoms with Crippen molar-refractivity contribution in [2.75, 3.05) is 4.90 Å². The third-order valence-electron chi connectivity index (χ3n) is 5.35. The van der Waals surface area contributed by atoms with Crippen LogP contribution in [0.3, 0.4) is 0 Å². The Morgan fingerprint density at radius 2 is 1.74 bits per heavy atom. The Hall–Kier alpha value is -2.64. The number of amides is 1. The molecular weight excluding hydrogens is 550 g/mol. The highest BCUT2D eigenvalue weighted by Gasteiger charge is 2.33. The van der Waals surface area contributed by atoms with E-state index in [2.05, 4.69) is 46.3 Å². The fourth-order valence-corrected chi connectivity index (χ4v) is 5.34. The van der Waals surface area contributed by atoms with Crippen molar-refractivity contribution in [1.82, 2.24) is 0 Å². The van der Waals surface area contributed by atoms with E-state index in [1.807, 2.05) is 48.5 Å². The van der Waals surface area contributed by atoms with Gasteiger partial charge in [0.05, 0.1) is 15.6 Å². The minimum atomic E-state index is -0.162. The number of hydrogen-bond acceptors (Lipinski definition) is 4. The van der Waals surface area contributed by atoms with Gasteiger partial charge in [-0.1, -0.05) is 84.1 Å². The van der Waals surface area contributed by atoms with Gasteiger partial charge in [-0.05, 0) is 80.3 Å². The summed E-state index contributed by atoms with van der Waals surface area (Å²) in [5.41, 5.74) is 2.66. The van der Waals surface area contributed by atoms with Gasteiger partial charge in [-0.25, -0.2) is 0 Å². The van der Waals surface area contributed by atoms with Gasteiger partial charge in [-0.15, -0.1) is 0 Å². The number of carbonyl (C=O) groups excluding carboxylic acids is 1. The molecule has 0 aliphatic carbocycles. The monoisotopic (exact) mass is 565 g/mol. The predicted octanol–water partition coefficient (Wildman–Crippen LogP) is 8.24. The quantitative estimate of drug-likeness (QED) is 0.180. The Labute approximate surface area is 220 Å². The smallest absolute Gasteiger partial charge is 0.270 e. The summed E-state index contributed by atoms with van der Waals surface area (Å²) in [6.45, 7) is 0.485. The molecule has 0 unspecified atom stereocenters. The number of anilines is 1. The van der Waals surface area contributed by atoms with Crippen LogP contribution in [0.4, 0.5) is 5.69 Å². The molecule has 4 aromatic carbocycles. The lowest BCUT2D eigenvalue weighted by atomic mass is 10.1. The van der Waals surface area contributed by atoms with E-state index < -0.39 is 0 Å². The highest BCUT2D eigenvalue weighted by Crippen LogP contribution is 2.38. The molecule has 0 atom stereocenters. The molecule has 7 heteroatoms. The van der Waals surface area contributed by atoms with Gasteiger partial charge in [0, 0.05) is 4.47 Å². The van der Waals surface area contributed by atoms with E-state index in [0.29, 0.717) is 26.5 Å². The second-order valence-corrected chi connectivity index (χ2v) is 10.6. The number of thioether (sulfide) groups is 1. The second kappa shape index (κ2) is 9.92. The molecule has 1 saturated heterocycles. The third-order valence-corrected chi connectivity index (χ3v) is 7.89. The van der Waals surface area contributed by atoms with E-state index in [0.717, 1.165) is 21.3 Å². The van der Waals surface area contributed by atoms with E-state index >= 15 is 0 Å². The first-order valence-corrected chi connectivity index (χ1v) is 12.8. The van der Waals surface area contributed by atoms with Crippen LogP contribution in [0, 0.1) is 0 Å². The van der Waals surface area contributed by atoms with Crippen molar-refractivity contribution in [1.29, 1.82) is 0 Å². The zero-order valence-corrected chi connectivity index (χ0v) is 21.7. The molecule has 168 valence electrons. The minimum Gasteiger partial charge on any atom is -0.489 e. The lowest BCUT2D eigenvalue weighted by molar-refractivity contribution is -0.113.